The van der Waals surface area contributed by atoms with Gasteiger partial charge in [-0.1, -0.05) is 12.1 Å². The lowest BCUT2D eigenvalue weighted by Crippen LogP contribution is -2.38. The Labute approximate surface area is 143 Å². The van der Waals surface area contributed by atoms with Crippen LogP contribution in [0.3, 0.4) is 0 Å². The first-order valence-corrected chi connectivity index (χ1v) is 9.55. The predicted molar refractivity (Wildman–Crippen MR) is 97.3 cm³/mol. The molecule has 0 bridgehead atoms. The number of benzene rings is 1. The maximum Gasteiger partial charge on any atom is 0.264 e. The number of amides is 1. The third kappa shape index (κ3) is 2.58. The molecule has 1 amide bonds. The summed E-state index contributed by atoms with van der Waals surface area (Å²) >= 11 is 3.24. The number of likely N-dealkylation sites (tertiary alicyclic amines) is 1. The highest BCUT2D eigenvalue weighted by Gasteiger charge is 2.32. The Morgan fingerprint density at radius 2 is 1.83 bits per heavy atom. The first kappa shape index (κ1) is 14.8. The Kier molecular flexibility index (Phi) is 3.70. The molecule has 118 valence electrons. The second-order valence-electron chi connectivity index (χ2n) is 6.14. The van der Waals surface area contributed by atoms with Gasteiger partial charge in [0.1, 0.15) is 5.01 Å². The van der Waals surface area contributed by atoms with E-state index in [9.17, 15) is 4.79 Å². The van der Waals surface area contributed by atoms with E-state index >= 15 is 0 Å². The summed E-state index contributed by atoms with van der Waals surface area (Å²) in [5.41, 5.74) is 1.02. The van der Waals surface area contributed by atoms with Crippen molar-refractivity contribution in [2.45, 2.75) is 38.8 Å². The molecule has 1 fully saturated rings. The summed E-state index contributed by atoms with van der Waals surface area (Å²) in [4.78, 5) is 21.4. The number of thiophene rings is 1. The highest BCUT2D eigenvalue weighted by atomic mass is 32.1. The molecular formula is C18H18N2OS2. The van der Waals surface area contributed by atoms with Crippen LogP contribution in [0, 0.1) is 0 Å². The van der Waals surface area contributed by atoms with Gasteiger partial charge < -0.3 is 4.90 Å². The minimum atomic E-state index is 0.167. The zero-order chi connectivity index (χ0) is 16.0. The summed E-state index contributed by atoms with van der Waals surface area (Å²) in [7, 11) is 0. The quantitative estimate of drug-likeness (QED) is 0.654. The number of hydrogen-bond donors (Lipinski definition) is 0. The van der Waals surface area contributed by atoms with Crippen molar-refractivity contribution >= 4 is 38.8 Å². The lowest BCUT2D eigenvalue weighted by Gasteiger charge is -2.25. The van der Waals surface area contributed by atoms with Crippen LogP contribution in [0.4, 0.5) is 0 Å². The predicted octanol–water partition coefficient (Wildman–Crippen LogP) is 5.04. The van der Waals surface area contributed by atoms with Crippen molar-refractivity contribution < 1.29 is 4.79 Å². The van der Waals surface area contributed by atoms with Crippen molar-refractivity contribution in [2.24, 2.45) is 0 Å². The van der Waals surface area contributed by atoms with E-state index in [1.807, 2.05) is 35.2 Å². The fraction of sp³-hybridized carbons (Fsp3) is 0.333. The Morgan fingerprint density at radius 1 is 1.09 bits per heavy atom. The van der Waals surface area contributed by atoms with Gasteiger partial charge in [-0.05, 0) is 51.0 Å². The highest BCUT2D eigenvalue weighted by molar-refractivity contribution is 7.26. The molecule has 0 aliphatic carbocycles. The van der Waals surface area contributed by atoms with Crippen LogP contribution in [0.2, 0.25) is 0 Å². The van der Waals surface area contributed by atoms with E-state index in [2.05, 4.69) is 24.9 Å². The zero-order valence-electron chi connectivity index (χ0n) is 13.2. The second-order valence-corrected chi connectivity index (χ2v) is 8.25. The molecule has 3 nitrogen and oxygen atoms in total. The Morgan fingerprint density at radius 3 is 2.57 bits per heavy atom. The summed E-state index contributed by atoms with van der Waals surface area (Å²) in [5.74, 6) is 0.167. The third-order valence-corrected chi connectivity index (χ3v) is 6.79. The van der Waals surface area contributed by atoms with Crippen molar-refractivity contribution in [3.63, 3.8) is 0 Å². The van der Waals surface area contributed by atoms with Gasteiger partial charge in [0, 0.05) is 12.1 Å². The van der Waals surface area contributed by atoms with E-state index in [4.69, 9.17) is 0 Å². The molecule has 3 aromatic rings. The van der Waals surface area contributed by atoms with Gasteiger partial charge in [-0.2, -0.15) is 0 Å². The van der Waals surface area contributed by atoms with Crippen molar-refractivity contribution in [3.05, 3.63) is 41.3 Å². The minimum Gasteiger partial charge on any atom is -0.333 e. The van der Waals surface area contributed by atoms with Crippen molar-refractivity contribution in [2.75, 3.05) is 0 Å². The van der Waals surface area contributed by atoms with Gasteiger partial charge in [0.2, 0.25) is 0 Å². The van der Waals surface area contributed by atoms with Crippen molar-refractivity contribution in [1.29, 1.82) is 0 Å². The number of carbonyl (C=O) groups is 1. The number of carbonyl (C=O) groups excluding carboxylic acids is 1. The van der Waals surface area contributed by atoms with E-state index in [1.165, 1.54) is 4.70 Å². The number of nitrogens with zero attached hydrogens (tertiary/aromatic N) is 2. The van der Waals surface area contributed by atoms with Gasteiger partial charge in [-0.15, -0.1) is 22.7 Å². The number of thiazole rings is 1. The average molecular weight is 342 g/mol. The minimum absolute atomic E-state index is 0.167. The van der Waals surface area contributed by atoms with Gasteiger partial charge >= 0.3 is 0 Å². The number of rotatable bonds is 2. The molecule has 0 radical (unpaired) electrons. The molecule has 0 spiro atoms. The number of para-hydroxylation sites is 1. The molecule has 2 unspecified atom stereocenters. The molecule has 2 aromatic heterocycles. The number of aromatic nitrogens is 1. The smallest absolute Gasteiger partial charge is 0.264 e. The Bertz CT molecular complexity index is 824. The molecule has 0 N–H and O–H groups in total. The normalized spacial score (nSPS) is 21.2. The standard InChI is InChI=1S/C18H18N2OS2/c1-11-7-8-12(2)20(11)18(21)16-10-9-15(22-16)17-19-13-5-3-4-6-14(13)23-17/h3-6,9-12H,7-8H2,1-2H3. The second kappa shape index (κ2) is 5.73. The molecule has 5 heteroatoms. The summed E-state index contributed by atoms with van der Waals surface area (Å²) in [5, 5.41) is 0.998. The van der Waals surface area contributed by atoms with Crippen LogP contribution in [-0.2, 0) is 0 Å². The van der Waals surface area contributed by atoms with E-state index in [0.29, 0.717) is 12.1 Å². The first-order chi connectivity index (χ1) is 11.1. The van der Waals surface area contributed by atoms with Crippen LogP contribution >= 0.6 is 22.7 Å². The summed E-state index contributed by atoms with van der Waals surface area (Å²) in [6.45, 7) is 4.28. The van der Waals surface area contributed by atoms with Crippen molar-refractivity contribution in [3.8, 4) is 9.88 Å². The Hall–Kier alpha value is -1.72. The SMILES string of the molecule is CC1CCC(C)N1C(=O)c1ccc(-c2nc3ccccc3s2)s1. The van der Waals surface area contributed by atoms with Crippen molar-refractivity contribution in [1.82, 2.24) is 9.88 Å². The van der Waals surface area contributed by atoms with Gasteiger partial charge in [-0.25, -0.2) is 4.98 Å². The Balaban J connectivity index is 1.65. The molecule has 2 atom stereocenters. The van der Waals surface area contributed by atoms with Gasteiger partial charge in [0.15, 0.2) is 0 Å². The highest BCUT2D eigenvalue weighted by Crippen LogP contribution is 2.36. The number of fused-ring (bicyclic) bond motifs is 1. The topological polar surface area (TPSA) is 33.2 Å². The summed E-state index contributed by atoms with van der Waals surface area (Å²) < 4.78 is 1.19. The van der Waals surface area contributed by atoms with Crippen LogP contribution in [0.25, 0.3) is 20.1 Å². The van der Waals surface area contributed by atoms with Gasteiger partial charge in [0.05, 0.1) is 20.0 Å². The largest absolute Gasteiger partial charge is 0.333 e. The van der Waals surface area contributed by atoms with E-state index < -0.39 is 0 Å². The molecular weight excluding hydrogens is 324 g/mol. The molecule has 3 heterocycles. The van der Waals surface area contributed by atoms with Gasteiger partial charge in [-0.3, -0.25) is 4.79 Å². The monoisotopic (exact) mass is 342 g/mol. The molecule has 1 saturated heterocycles. The van der Waals surface area contributed by atoms with Crippen LogP contribution in [-0.4, -0.2) is 27.9 Å². The van der Waals surface area contributed by atoms with E-state index in [1.54, 1.807) is 22.7 Å². The van der Waals surface area contributed by atoms with Crippen LogP contribution < -0.4 is 0 Å². The maximum atomic E-state index is 12.8. The molecule has 1 aromatic carbocycles. The molecule has 0 saturated carbocycles. The molecule has 1 aliphatic heterocycles. The van der Waals surface area contributed by atoms with E-state index in [-0.39, 0.29) is 5.91 Å². The lowest BCUT2D eigenvalue weighted by atomic mass is 10.2. The molecule has 4 rings (SSSR count). The van der Waals surface area contributed by atoms with Crippen LogP contribution in [0.15, 0.2) is 36.4 Å². The molecule has 1 aliphatic rings. The fourth-order valence-corrected chi connectivity index (χ4v) is 5.24. The summed E-state index contributed by atoms with van der Waals surface area (Å²) in [6, 6.07) is 12.8. The third-order valence-electron chi connectivity index (χ3n) is 4.51. The maximum absolute atomic E-state index is 12.8. The lowest BCUT2D eigenvalue weighted by molar-refractivity contribution is 0.0698. The summed E-state index contributed by atoms with van der Waals surface area (Å²) in [6.07, 6.45) is 2.20. The van der Waals surface area contributed by atoms with Gasteiger partial charge in [0.25, 0.3) is 5.91 Å². The average Bonchev–Trinajstić information content (AvgIpc) is 3.24. The van der Waals surface area contributed by atoms with E-state index in [0.717, 1.165) is 33.1 Å². The first-order valence-electron chi connectivity index (χ1n) is 7.92. The fourth-order valence-electron chi connectivity index (χ4n) is 3.27. The van der Waals surface area contributed by atoms with Crippen LogP contribution in [0.1, 0.15) is 36.4 Å². The number of hydrogen-bond acceptors (Lipinski definition) is 4. The van der Waals surface area contributed by atoms with Crippen LogP contribution in [0.5, 0.6) is 0 Å². The zero-order valence-corrected chi connectivity index (χ0v) is 14.8. The molecule has 23 heavy (non-hydrogen) atoms.